The van der Waals surface area contributed by atoms with Gasteiger partial charge in [0.1, 0.15) is 0 Å². The van der Waals surface area contributed by atoms with Crippen molar-refractivity contribution in [1.29, 1.82) is 0 Å². The Bertz CT molecular complexity index is 1590. The zero-order chi connectivity index (χ0) is 29.4. The Morgan fingerprint density at radius 2 is 1.37 bits per heavy atom. The lowest BCUT2D eigenvalue weighted by Gasteiger charge is -2.22. The highest BCUT2D eigenvalue weighted by Crippen LogP contribution is 2.27. The Hall–Kier alpha value is -5.50. The van der Waals surface area contributed by atoms with Gasteiger partial charge in [-0.15, -0.1) is 0 Å². The summed E-state index contributed by atoms with van der Waals surface area (Å²) in [7, 11) is 1.30. The molecule has 0 aromatic heterocycles. The average molecular weight is 549 g/mol. The van der Waals surface area contributed by atoms with Crippen LogP contribution in [0.5, 0.6) is 0 Å². The number of carboxylic acids is 1. The number of carboxylic acid groups (broad SMARTS) is 1. The molecule has 2 amide bonds. The minimum atomic E-state index is -0.873. The first kappa shape index (κ1) is 28.5. The minimum Gasteiger partial charge on any atom is -0.481 e. The van der Waals surface area contributed by atoms with E-state index >= 15 is 0 Å². The predicted octanol–water partition coefficient (Wildman–Crippen LogP) is 6.21. The predicted molar refractivity (Wildman–Crippen MR) is 158 cm³/mol. The maximum atomic E-state index is 12.8. The lowest BCUT2D eigenvalue weighted by Crippen LogP contribution is -2.23. The lowest BCUT2D eigenvalue weighted by molar-refractivity contribution is -0.136. The zero-order valence-corrected chi connectivity index (χ0v) is 22.5. The van der Waals surface area contributed by atoms with Crippen LogP contribution in [0.1, 0.15) is 44.3 Å². The van der Waals surface area contributed by atoms with E-state index in [1.807, 2.05) is 42.5 Å². The van der Waals surface area contributed by atoms with Crippen LogP contribution in [0.3, 0.4) is 0 Å². The third kappa shape index (κ3) is 7.54. The second-order valence-corrected chi connectivity index (χ2v) is 9.16. The summed E-state index contributed by atoms with van der Waals surface area (Å²) in [6, 6.07) is 27.8. The van der Waals surface area contributed by atoms with Gasteiger partial charge in [-0.1, -0.05) is 48.6 Å². The molecule has 41 heavy (non-hydrogen) atoms. The van der Waals surface area contributed by atoms with Gasteiger partial charge in [-0.3, -0.25) is 19.3 Å². The fourth-order valence-corrected chi connectivity index (χ4v) is 4.19. The number of hydrogen-bond acceptors (Lipinski definition) is 5. The number of amides is 2. The fraction of sp³-hybridized carbons (Fsp3) is 0.0909. The summed E-state index contributed by atoms with van der Waals surface area (Å²) in [5.41, 5.74) is 5.10. The maximum Gasteiger partial charge on any atom is 0.337 e. The molecule has 0 spiro atoms. The smallest absolute Gasteiger partial charge is 0.337 e. The summed E-state index contributed by atoms with van der Waals surface area (Å²) in [5, 5.41) is 11.8. The van der Waals surface area contributed by atoms with Crippen molar-refractivity contribution in [1.82, 2.24) is 0 Å². The molecule has 0 saturated heterocycles. The number of ether oxygens (including phenoxy) is 1. The summed E-state index contributed by atoms with van der Waals surface area (Å²) in [4.78, 5) is 49.4. The summed E-state index contributed by atoms with van der Waals surface area (Å²) in [5.74, 6) is -1.86. The van der Waals surface area contributed by atoms with Gasteiger partial charge in [0.05, 0.1) is 19.1 Å². The van der Waals surface area contributed by atoms with Crippen molar-refractivity contribution in [3.63, 3.8) is 0 Å². The van der Waals surface area contributed by atoms with Crippen LogP contribution in [0.25, 0.3) is 12.2 Å². The van der Waals surface area contributed by atoms with Crippen LogP contribution in [-0.2, 0) is 20.7 Å². The zero-order valence-electron chi connectivity index (χ0n) is 22.5. The first-order valence-corrected chi connectivity index (χ1v) is 12.7. The summed E-state index contributed by atoms with van der Waals surface area (Å²) >= 11 is 0. The van der Waals surface area contributed by atoms with Crippen LogP contribution in [-0.4, -0.2) is 36.0 Å². The molecule has 4 aromatic carbocycles. The molecule has 8 heteroatoms. The molecule has 0 unspecified atom stereocenters. The number of anilines is 3. The molecule has 0 aliphatic carbocycles. The molecule has 0 bridgehead atoms. The second kappa shape index (κ2) is 13.0. The van der Waals surface area contributed by atoms with Crippen molar-refractivity contribution >= 4 is 53.0 Å². The number of rotatable bonds is 9. The van der Waals surface area contributed by atoms with Crippen molar-refractivity contribution in [3.8, 4) is 0 Å². The average Bonchev–Trinajstić information content (AvgIpc) is 2.97. The third-order valence-electron chi connectivity index (χ3n) is 6.19. The van der Waals surface area contributed by atoms with Gasteiger partial charge < -0.3 is 15.2 Å². The van der Waals surface area contributed by atoms with Gasteiger partial charge in [0, 0.05) is 29.5 Å². The Balaban J connectivity index is 1.40. The first-order valence-electron chi connectivity index (χ1n) is 12.7. The van der Waals surface area contributed by atoms with E-state index in [-0.39, 0.29) is 18.2 Å². The maximum absolute atomic E-state index is 12.8. The van der Waals surface area contributed by atoms with Crippen molar-refractivity contribution in [2.75, 3.05) is 17.3 Å². The van der Waals surface area contributed by atoms with E-state index in [4.69, 9.17) is 9.84 Å². The molecule has 0 fully saturated rings. The SMILES string of the molecule is COC(=O)c1ccc(N(C(C)=O)c2ccc(C(=O)Nc3ccc(C=Cc4cccc(CC(=O)O)c4)cc3)cc2)cc1. The molecule has 0 heterocycles. The van der Waals surface area contributed by atoms with E-state index in [1.165, 1.54) is 18.9 Å². The van der Waals surface area contributed by atoms with Gasteiger partial charge in [0.2, 0.25) is 5.91 Å². The van der Waals surface area contributed by atoms with E-state index in [1.54, 1.807) is 66.7 Å². The Kier molecular flexibility index (Phi) is 9.06. The highest BCUT2D eigenvalue weighted by molar-refractivity contribution is 6.05. The van der Waals surface area contributed by atoms with E-state index < -0.39 is 11.9 Å². The molecule has 0 saturated carbocycles. The van der Waals surface area contributed by atoms with Gasteiger partial charge in [-0.05, 0) is 77.4 Å². The van der Waals surface area contributed by atoms with Gasteiger partial charge in [0.15, 0.2) is 0 Å². The molecule has 4 aromatic rings. The van der Waals surface area contributed by atoms with E-state index in [0.717, 1.165) is 16.7 Å². The first-order chi connectivity index (χ1) is 19.7. The summed E-state index contributed by atoms with van der Waals surface area (Å²) in [6.07, 6.45) is 3.78. The Morgan fingerprint density at radius 3 is 1.93 bits per heavy atom. The van der Waals surface area contributed by atoms with E-state index in [0.29, 0.717) is 28.2 Å². The minimum absolute atomic E-state index is 0.0277. The standard InChI is InChI=1S/C33H28N2O6/c1-22(36)35(30-18-12-27(13-19-30)33(40)41-2)29-16-10-26(11-17-29)32(39)34-28-14-8-23(9-15-28)6-7-24-4-3-5-25(20-24)21-31(37)38/h3-20H,21H2,1-2H3,(H,34,39)(H,37,38). The topological polar surface area (TPSA) is 113 Å². The van der Waals surface area contributed by atoms with Crippen molar-refractivity contribution in [3.05, 3.63) is 125 Å². The van der Waals surface area contributed by atoms with Crippen molar-refractivity contribution < 1.29 is 29.0 Å². The number of carbonyl (C=O) groups is 4. The Labute approximate surface area is 237 Å². The second-order valence-electron chi connectivity index (χ2n) is 9.16. The molecule has 0 radical (unpaired) electrons. The Morgan fingerprint density at radius 1 is 0.780 bits per heavy atom. The number of methoxy groups -OCH3 is 1. The molecule has 4 rings (SSSR count). The number of nitrogens with zero attached hydrogens (tertiary/aromatic N) is 1. The molecule has 0 aliphatic rings. The number of hydrogen-bond donors (Lipinski definition) is 2. The van der Waals surface area contributed by atoms with Gasteiger partial charge >= 0.3 is 11.9 Å². The number of esters is 1. The van der Waals surface area contributed by atoms with Crippen LogP contribution < -0.4 is 10.2 Å². The highest BCUT2D eigenvalue weighted by Gasteiger charge is 2.16. The number of carbonyl (C=O) groups excluding carboxylic acids is 3. The van der Waals surface area contributed by atoms with Gasteiger partial charge in [-0.2, -0.15) is 0 Å². The third-order valence-corrected chi connectivity index (χ3v) is 6.19. The largest absolute Gasteiger partial charge is 0.481 e. The number of benzene rings is 4. The normalized spacial score (nSPS) is 10.7. The molecular formula is C33H28N2O6. The molecule has 8 nitrogen and oxygen atoms in total. The van der Waals surface area contributed by atoms with Crippen LogP contribution in [0.15, 0.2) is 97.1 Å². The summed E-state index contributed by atoms with van der Waals surface area (Å²) < 4.78 is 4.72. The molecule has 0 aliphatic heterocycles. The van der Waals surface area contributed by atoms with E-state index in [9.17, 15) is 19.2 Å². The molecule has 206 valence electrons. The van der Waals surface area contributed by atoms with Crippen molar-refractivity contribution in [2.24, 2.45) is 0 Å². The highest BCUT2D eigenvalue weighted by atomic mass is 16.5. The molecule has 0 atom stereocenters. The molecule has 2 N–H and O–H groups in total. The monoisotopic (exact) mass is 548 g/mol. The van der Waals surface area contributed by atoms with Gasteiger partial charge in [0.25, 0.3) is 5.91 Å². The van der Waals surface area contributed by atoms with Crippen LogP contribution >= 0.6 is 0 Å². The number of aliphatic carboxylic acids is 1. The van der Waals surface area contributed by atoms with E-state index in [2.05, 4.69) is 5.32 Å². The fourth-order valence-electron chi connectivity index (χ4n) is 4.19. The van der Waals surface area contributed by atoms with Crippen LogP contribution in [0, 0.1) is 0 Å². The van der Waals surface area contributed by atoms with Crippen LogP contribution in [0.4, 0.5) is 17.1 Å². The summed E-state index contributed by atoms with van der Waals surface area (Å²) in [6.45, 7) is 1.43. The van der Waals surface area contributed by atoms with Crippen LogP contribution in [0.2, 0.25) is 0 Å². The molecular weight excluding hydrogens is 520 g/mol. The quantitative estimate of drug-likeness (QED) is 0.190. The van der Waals surface area contributed by atoms with Gasteiger partial charge in [-0.25, -0.2) is 4.79 Å². The lowest BCUT2D eigenvalue weighted by atomic mass is 10.1. The number of nitrogens with one attached hydrogen (secondary N) is 1. The van der Waals surface area contributed by atoms with Crippen molar-refractivity contribution in [2.45, 2.75) is 13.3 Å².